The van der Waals surface area contributed by atoms with Gasteiger partial charge in [-0.1, -0.05) is 29.4 Å². The van der Waals surface area contributed by atoms with Crippen molar-refractivity contribution in [3.63, 3.8) is 0 Å². The lowest BCUT2D eigenvalue weighted by molar-refractivity contribution is -0.142. The summed E-state index contributed by atoms with van der Waals surface area (Å²) in [5.41, 5.74) is 2.24. The molecule has 0 radical (unpaired) electrons. The van der Waals surface area contributed by atoms with Crippen molar-refractivity contribution in [2.24, 2.45) is 5.16 Å². The van der Waals surface area contributed by atoms with Gasteiger partial charge in [-0.3, -0.25) is 4.79 Å². The van der Waals surface area contributed by atoms with Crippen molar-refractivity contribution in [2.45, 2.75) is 12.3 Å². The number of methoxy groups -OCH3 is 1. The summed E-state index contributed by atoms with van der Waals surface area (Å²) in [7, 11) is 1.36. The zero-order valence-electron chi connectivity index (χ0n) is 8.30. The van der Waals surface area contributed by atoms with E-state index in [2.05, 4.69) is 5.16 Å². The molecule has 0 bridgehead atoms. The first kappa shape index (κ1) is 9.71. The predicted molar refractivity (Wildman–Crippen MR) is 54.1 cm³/mol. The molecule has 15 heavy (non-hydrogen) atoms. The van der Waals surface area contributed by atoms with Crippen molar-refractivity contribution in [1.29, 1.82) is 0 Å². The van der Waals surface area contributed by atoms with Crippen LogP contribution in [0.2, 0.25) is 0 Å². The van der Waals surface area contributed by atoms with Gasteiger partial charge in [-0.05, 0) is 5.56 Å². The molecule has 0 saturated heterocycles. The highest BCUT2D eigenvalue weighted by Crippen LogP contribution is 2.33. The minimum atomic E-state index is -0.336. The summed E-state index contributed by atoms with van der Waals surface area (Å²) in [6, 6.07) is 7.40. The van der Waals surface area contributed by atoms with Crippen LogP contribution in [0.1, 0.15) is 23.5 Å². The lowest BCUT2D eigenvalue weighted by Crippen LogP contribution is -2.11. The van der Waals surface area contributed by atoms with Crippen LogP contribution in [0.5, 0.6) is 0 Å². The van der Waals surface area contributed by atoms with Crippen LogP contribution in [-0.2, 0) is 9.53 Å². The number of esters is 1. The topological polar surface area (TPSA) is 58.9 Å². The van der Waals surface area contributed by atoms with E-state index in [9.17, 15) is 4.79 Å². The molecule has 0 spiro atoms. The Balaban J connectivity index is 2.46. The minimum Gasteiger partial charge on any atom is -0.469 e. The number of rotatable bonds is 1. The third kappa shape index (κ3) is 1.48. The molecule has 4 heteroatoms. The van der Waals surface area contributed by atoms with Gasteiger partial charge < -0.3 is 9.94 Å². The van der Waals surface area contributed by atoms with Crippen molar-refractivity contribution >= 4 is 11.7 Å². The summed E-state index contributed by atoms with van der Waals surface area (Å²) in [5.74, 6) is -0.627. The molecular weight excluding hydrogens is 194 g/mol. The van der Waals surface area contributed by atoms with Crippen LogP contribution < -0.4 is 0 Å². The second-order valence-corrected chi connectivity index (χ2v) is 3.41. The normalized spacial score (nSPS) is 21.4. The van der Waals surface area contributed by atoms with Crippen LogP contribution in [-0.4, -0.2) is 24.0 Å². The van der Waals surface area contributed by atoms with Crippen LogP contribution >= 0.6 is 0 Å². The maximum absolute atomic E-state index is 11.5. The molecule has 78 valence electrons. The first-order chi connectivity index (χ1) is 7.27. The summed E-state index contributed by atoms with van der Waals surface area (Å²) in [6.07, 6.45) is 0.405. The van der Waals surface area contributed by atoms with E-state index in [1.54, 1.807) is 0 Å². The average Bonchev–Trinajstić information content (AvgIpc) is 2.67. The number of hydrogen-bond acceptors (Lipinski definition) is 4. The van der Waals surface area contributed by atoms with Gasteiger partial charge in [0.15, 0.2) is 0 Å². The summed E-state index contributed by atoms with van der Waals surface area (Å²) < 4.78 is 4.71. The van der Waals surface area contributed by atoms with E-state index in [1.165, 1.54) is 7.11 Å². The van der Waals surface area contributed by atoms with Gasteiger partial charge in [-0.25, -0.2) is 0 Å². The van der Waals surface area contributed by atoms with E-state index in [0.29, 0.717) is 12.1 Å². The third-order valence-electron chi connectivity index (χ3n) is 2.65. The van der Waals surface area contributed by atoms with E-state index >= 15 is 0 Å². The minimum absolute atomic E-state index is 0.291. The molecule has 1 atom stereocenters. The smallest absolute Gasteiger partial charge is 0.313 e. The molecule has 0 amide bonds. The van der Waals surface area contributed by atoms with Gasteiger partial charge in [0, 0.05) is 12.0 Å². The summed E-state index contributed by atoms with van der Waals surface area (Å²) in [5, 5.41) is 12.0. The molecule has 1 aliphatic rings. The zero-order valence-corrected chi connectivity index (χ0v) is 8.30. The van der Waals surface area contributed by atoms with Crippen LogP contribution in [0.25, 0.3) is 0 Å². The highest BCUT2D eigenvalue weighted by Gasteiger charge is 2.33. The zero-order chi connectivity index (χ0) is 10.8. The summed E-state index contributed by atoms with van der Waals surface area (Å²) >= 11 is 0. The fourth-order valence-electron chi connectivity index (χ4n) is 1.92. The Hall–Kier alpha value is -1.84. The van der Waals surface area contributed by atoms with E-state index in [1.807, 2.05) is 24.3 Å². The lowest BCUT2D eigenvalue weighted by Gasteiger charge is -2.06. The van der Waals surface area contributed by atoms with Gasteiger partial charge >= 0.3 is 5.97 Å². The second kappa shape index (κ2) is 3.73. The number of nitrogens with zero attached hydrogens (tertiary/aromatic N) is 1. The number of hydrogen-bond donors (Lipinski definition) is 1. The van der Waals surface area contributed by atoms with Crippen molar-refractivity contribution in [3.8, 4) is 0 Å². The van der Waals surface area contributed by atoms with Gasteiger partial charge in [0.05, 0.1) is 18.7 Å². The van der Waals surface area contributed by atoms with E-state index in [0.717, 1.165) is 11.1 Å². The van der Waals surface area contributed by atoms with Crippen molar-refractivity contribution in [2.75, 3.05) is 7.11 Å². The Morgan fingerprint density at radius 3 is 2.93 bits per heavy atom. The van der Waals surface area contributed by atoms with Gasteiger partial charge in [0.25, 0.3) is 0 Å². The predicted octanol–water partition coefficient (Wildman–Crippen LogP) is 1.53. The fraction of sp³-hybridized carbons (Fsp3) is 0.273. The SMILES string of the molecule is COC(=O)[C@H]1C/C(=N/O)c2ccccc21. The van der Waals surface area contributed by atoms with Crippen LogP contribution in [0.4, 0.5) is 0 Å². The number of fused-ring (bicyclic) bond motifs is 1. The summed E-state index contributed by atoms with van der Waals surface area (Å²) in [4.78, 5) is 11.5. The second-order valence-electron chi connectivity index (χ2n) is 3.41. The Bertz CT molecular complexity index is 426. The molecule has 1 aromatic rings. The molecule has 1 N–H and O–H groups in total. The highest BCUT2D eigenvalue weighted by atomic mass is 16.5. The van der Waals surface area contributed by atoms with Crippen LogP contribution in [0.15, 0.2) is 29.4 Å². The van der Waals surface area contributed by atoms with Crippen molar-refractivity contribution < 1.29 is 14.7 Å². The largest absolute Gasteiger partial charge is 0.469 e. The third-order valence-corrected chi connectivity index (χ3v) is 2.65. The molecule has 0 saturated carbocycles. The summed E-state index contributed by atoms with van der Waals surface area (Å²) in [6.45, 7) is 0. The van der Waals surface area contributed by atoms with Crippen molar-refractivity contribution in [3.05, 3.63) is 35.4 Å². The molecule has 1 aliphatic carbocycles. The number of carbonyl (C=O) groups excluding carboxylic acids is 1. The van der Waals surface area contributed by atoms with Gasteiger partial charge in [0.1, 0.15) is 0 Å². The molecule has 4 nitrogen and oxygen atoms in total. The Labute approximate surface area is 87.2 Å². The Kier molecular flexibility index (Phi) is 2.41. The highest BCUT2D eigenvalue weighted by molar-refractivity contribution is 6.08. The maximum atomic E-state index is 11.5. The fourth-order valence-corrected chi connectivity index (χ4v) is 1.92. The molecular formula is C11H11NO3. The van der Waals surface area contributed by atoms with Crippen molar-refractivity contribution in [1.82, 2.24) is 0 Å². The van der Waals surface area contributed by atoms with Gasteiger partial charge in [0.2, 0.25) is 0 Å². The standard InChI is InChI=1S/C11H11NO3/c1-15-11(13)9-6-10(12-14)8-5-3-2-4-7(8)9/h2-5,9,14H,6H2,1H3/b12-10-/t9-/m0/s1. The molecule has 0 aliphatic heterocycles. The van der Waals surface area contributed by atoms with E-state index in [-0.39, 0.29) is 11.9 Å². The molecule has 0 unspecified atom stereocenters. The number of carbonyl (C=O) groups is 1. The van der Waals surface area contributed by atoms with E-state index in [4.69, 9.17) is 9.94 Å². The first-order valence-electron chi connectivity index (χ1n) is 4.66. The maximum Gasteiger partial charge on any atom is 0.313 e. The molecule has 0 aromatic heterocycles. The quantitative estimate of drug-likeness (QED) is 0.429. The number of ether oxygens (including phenoxy) is 1. The van der Waals surface area contributed by atoms with Gasteiger partial charge in [-0.15, -0.1) is 0 Å². The van der Waals surface area contributed by atoms with Crippen LogP contribution in [0, 0.1) is 0 Å². The van der Waals surface area contributed by atoms with E-state index < -0.39 is 0 Å². The first-order valence-corrected chi connectivity index (χ1v) is 4.66. The molecule has 2 rings (SSSR count). The lowest BCUT2D eigenvalue weighted by atomic mass is 10.0. The molecule has 0 heterocycles. The van der Waals surface area contributed by atoms with Crippen LogP contribution in [0.3, 0.4) is 0 Å². The molecule has 1 aromatic carbocycles. The monoisotopic (exact) mass is 205 g/mol. The van der Waals surface area contributed by atoms with Gasteiger partial charge in [-0.2, -0.15) is 0 Å². The average molecular weight is 205 g/mol. The Morgan fingerprint density at radius 1 is 1.53 bits per heavy atom. The number of benzene rings is 1. The number of oxime groups is 1. The Morgan fingerprint density at radius 2 is 2.27 bits per heavy atom. The molecule has 0 fully saturated rings.